The summed E-state index contributed by atoms with van der Waals surface area (Å²) >= 11 is 0. The normalized spacial score (nSPS) is 23.0. The largest absolute Gasteiger partial charge is 0.381 e. The highest BCUT2D eigenvalue weighted by atomic mass is 16.5. The van der Waals surface area contributed by atoms with Gasteiger partial charge in [-0.1, -0.05) is 23.8 Å². The fourth-order valence-electron chi connectivity index (χ4n) is 2.88. The van der Waals surface area contributed by atoms with Crippen molar-refractivity contribution >= 4 is 0 Å². The van der Waals surface area contributed by atoms with E-state index in [2.05, 4.69) is 51.2 Å². The maximum atomic E-state index is 5.46. The first-order chi connectivity index (χ1) is 8.58. The molecule has 0 amide bonds. The highest BCUT2D eigenvalue weighted by Crippen LogP contribution is 2.22. The SMILES string of the molecule is Cc1ccc(C(C)NC(C)C2CCOC2)c(C)c1. The molecule has 1 N–H and O–H groups in total. The smallest absolute Gasteiger partial charge is 0.0509 e. The molecule has 100 valence electrons. The van der Waals surface area contributed by atoms with Crippen molar-refractivity contribution in [2.75, 3.05) is 13.2 Å². The third kappa shape index (κ3) is 3.12. The Bertz CT molecular complexity index is 396. The number of nitrogens with one attached hydrogen (secondary N) is 1. The third-order valence-electron chi connectivity index (χ3n) is 4.08. The topological polar surface area (TPSA) is 21.3 Å². The van der Waals surface area contributed by atoms with Crippen LogP contribution in [0.3, 0.4) is 0 Å². The Morgan fingerprint density at radius 1 is 1.28 bits per heavy atom. The average Bonchev–Trinajstić information content (AvgIpc) is 2.81. The summed E-state index contributed by atoms with van der Waals surface area (Å²) < 4.78 is 5.46. The summed E-state index contributed by atoms with van der Waals surface area (Å²) in [5.74, 6) is 0.665. The van der Waals surface area contributed by atoms with Crippen LogP contribution >= 0.6 is 0 Å². The van der Waals surface area contributed by atoms with Gasteiger partial charge in [0, 0.05) is 18.7 Å². The van der Waals surface area contributed by atoms with Crippen LogP contribution in [0.1, 0.15) is 43.0 Å². The molecule has 2 nitrogen and oxygen atoms in total. The average molecular weight is 247 g/mol. The molecule has 3 unspecified atom stereocenters. The van der Waals surface area contributed by atoms with E-state index in [1.165, 1.54) is 23.1 Å². The fraction of sp³-hybridized carbons (Fsp3) is 0.625. The molecule has 2 rings (SSSR count). The van der Waals surface area contributed by atoms with Crippen molar-refractivity contribution in [1.29, 1.82) is 0 Å². The lowest BCUT2D eigenvalue weighted by Crippen LogP contribution is -2.35. The lowest BCUT2D eigenvalue weighted by Gasteiger charge is -2.25. The second kappa shape index (κ2) is 5.85. The molecule has 1 fully saturated rings. The van der Waals surface area contributed by atoms with Gasteiger partial charge >= 0.3 is 0 Å². The minimum absolute atomic E-state index is 0.404. The summed E-state index contributed by atoms with van der Waals surface area (Å²) in [4.78, 5) is 0. The maximum absolute atomic E-state index is 5.46. The van der Waals surface area contributed by atoms with Crippen LogP contribution in [0.25, 0.3) is 0 Å². The first kappa shape index (κ1) is 13.6. The van der Waals surface area contributed by atoms with E-state index in [1.807, 2.05) is 0 Å². The summed E-state index contributed by atoms with van der Waals surface area (Å²) in [7, 11) is 0. The number of hydrogen-bond acceptors (Lipinski definition) is 2. The van der Waals surface area contributed by atoms with E-state index < -0.39 is 0 Å². The zero-order valence-electron chi connectivity index (χ0n) is 12.0. The minimum atomic E-state index is 0.404. The van der Waals surface area contributed by atoms with Crippen LogP contribution in [0.2, 0.25) is 0 Å². The van der Waals surface area contributed by atoms with Crippen molar-refractivity contribution in [2.24, 2.45) is 5.92 Å². The van der Waals surface area contributed by atoms with Crippen molar-refractivity contribution in [3.63, 3.8) is 0 Å². The Kier molecular flexibility index (Phi) is 4.41. The van der Waals surface area contributed by atoms with E-state index >= 15 is 0 Å². The van der Waals surface area contributed by atoms with Gasteiger partial charge in [0.05, 0.1) is 6.61 Å². The molecule has 1 saturated heterocycles. The van der Waals surface area contributed by atoms with E-state index in [9.17, 15) is 0 Å². The molecule has 1 aliphatic heterocycles. The van der Waals surface area contributed by atoms with Crippen molar-refractivity contribution in [1.82, 2.24) is 5.32 Å². The van der Waals surface area contributed by atoms with Crippen molar-refractivity contribution < 1.29 is 4.74 Å². The third-order valence-corrected chi connectivity index (χ3v) is 4.08. The minimum Gasteiger partial charge on any atom is -0.381 e. The summed E-state index contributed by atoms with van der Waals surface area (Å²) in [6.45, 7) is 10.7. The van der Waals surface area contributed by atoms with Crippen LogP contribution < -0.4 is 5.32 Å². The Labute approximate surface area is 111 Å². The number of aryl methyl sites for hydroxylation is 2. The van der Waals surface area contributed by atoms with Gasteiger partial charge in [-0.15, -0.1) is 0 Å². The van der Waals surface area contributed by atoms with E-state index in [-0.39, 0.29) is 0 Å². The Hall–Kier alpha value is -0.860. The first-order valence-corrected chi connectivity index (χ1v) is 6.99. The molecule has 0 aliphatic carbocycles. The molecule has 0 bridgehead atoms. The number of hydrogen-bond donors (Lipinski definition) is 1. The lowest BCUT2D eigenvalue weighted by atomic mass is 9.96. The maximum Gasteiger partial charge on any atom is 0.0509 e. The predicted molar refractivity (Wildman–Crippen MR) is 75.9 cm³/mol. The molecule has 0 spiro atoms. The Morgan fingerprint density at radius 3 is 2.67 bits per heavy atom. The summed E-state index contributed by atoms with van der Waals surface area (Å²) in [5.41, 5.74) is 4.12. The van der Waals surface area contributed by atoms with Gasteiger partial charge in [-0.05, 0) is 51.2 Å². The van der Waals surface area contributed by atoms with Crippen LogP contribution in [0.4, 0.5) is 0 Å². The van der Waals surface area contributed by atoms with Gasteiger partial charge in [0.1, 0.15) is 0 Å². The van der Waals surface area contributed by atoms with Gasteiger partial charge < -0.3 is 10.1 Å². The molecule has 2 heteroatoms. The molecule has 0 saturated carbocycles. The summed E-state index contributed by atoms with van der Waals surface area (Å²) in [6.07, 6.45) is 1.19. The van der Waals surface area contributed by atoms with Gasteiger partial charge in [0.15, 0.2) is 0 Å². The molecule has 18 heavy (non-hydrogen) atoms. The van der Waals surface area contributed by atoms with Crippen LogP contribution in [-0.4, -0.2) is 19.3 Å². The molecular weight excluding hydrogens is 222 g/mol. The van der Waals surface area contributed by atoms with E-state index in [1.54, 1.807) is 0 Å². The van der Waals surface area contributed by atoms with Gasteiger partial charge in [0.25, 0.3) is 0 Å². The second-order valence-corrected chi connectivity index (χ2v) is 5.66. The van der Waals surface area contributed by atoms with Gasteiger partial charge in [-0.2, -0.15) is 0 Å². The number of benzene rings is 1. The summed E-state index contributed by atoms with van der Waals surface area (Å²) in [5, 5.41) is 3.72. The van der Waals surface area contributed by atoms with E-state index in [4.69, 9.17) is 4.74 Å². The molecule has 0 radical (unpaired) electrons. The van der Waals surface area contributed by atoms with Crippen molar-refractivity contribution in [3.05, 3.63) is 34.9 Å². The number of ether oxygens (including phenoxy) is 1. The molecule has 1 aromatic rings. The predicted octanol–water partition coefficient (Wildman–Crippen LogP) is 3.38. The van der Waals surface area contributed by atoms with E-state index in [0.717, 1.165) is 13.2 Å². The second-order valence-electron chi connectivity index (χ2n) is 5.66. The standard InChI is InChI=1S/C16H25NO/c1-11-5-6-16(12(2)9-11)14(4)17-13(3)15-7-8-18-10-15/h5-6,9,13-15,17H,7-8,10H2,1-4H3. The first-order valence-electron chi connectivity index (χ1n) is 6.99. The molecular formula is C16H25NO. The van der Waals surface area contributed by atoms with E-state index in [0.29, 0.717) is 18.0 Å². The molecule has 1 aromatic carbocycles. The van der Waals surface area contributed by atoms with Gasteiger partial charge in [-0.3, -0.25) is 0 Å². The molecule has 0 aromatic heterocycles. The molecule has 1 aliphatic rings. The van der Waals surface area contributed by atoms with Gasteiger partial charge in [0.2, 0.25) is 0 Å². The summed E-state index contributed by atoms with van der Waals surface area (Å²) in [6, 6.07) is 7.63. The van der Waals surface area contributed by atoms with Gasteiger partial charge in [-0.25, -0.2) is 0 Å². The van der Waals surface area contributed by atoms with Crippen LogP contribution in [0.5, 0.6) is 0 Å². The Morgan fingerprint density at radius 2 is 2.06 bits per heavy atom. The van der Waals surface area contributed by atoms with Crippen molar-refractivity contribution in [2.45, 2.75) is 46.2 Å². The van der Waals surface area contributed by atoms with Crippen LogP contribution in [0.15, 0.2) is 18.2 Å². The van der Waals surface area contributed by atoms with Crippen LogP contribution in [-0.2, 0) is 4.74 Å². The quantitative estimate of drug-likeness (QED) is 0.880. The molecule has 3 atom stereocenters. The highest BCUT2D eigenvalue weighted by molar-refractivity contribution is 5.32. The zero-order chi connectivity index (χ0) is 13.1. The highest BCUT2D eigenvalue weighted by Gasteiger charge is 2.23. The van der Waals surface area contributed by atoms with Crippen LogP contribution in [0, 0.1) is 19.8 Å². The number of rotatable bonds is 4. The monoisotopic (exact) mass is 247 g/mol. The fourth-order valence-corrected chi connectivity index (χ4v) is 2.88. The zero-order valence-corrected chi connectivity index (χ0v) is 12.0. The lowest BCUT2D eigenvalue weighted by molar-refractivity contribution is 0.177. The molecule has 1 heterocycles. The Balaban J connectivity index is 2.00. The van der Waals surface area contributed by atoms with Crippen molar-refractivity contribution in [3.8, 4) is 0 Å².